The summed E-state index contributed by atoms with van der Waals surface area (Å²) in [5.74, 6) is 2.33. The fourth-order valence-corrected chi connectivity index (χ4v) is 3.73. The fourth-order valence-electron chi connectivity index (χ4n) is 3.73. The Labute approximate surface area is 233 Å². The Kier molecular flexibility index (Phi) is 8.76. The molecular weight excluding hydrogens is 502 g/mol. The second kappa shape index (κ2) is 13.4. The van der Waals surface area contributed by atoms with Crippen molar-refractivity contribution in [2.45, 2.75) is 13.5 Å². The minimum absolute atomic E-state index is 0.274. The van der Waals surface area contributed by atoms with E-state index in [1.807, 2.05) is 116 Å². The third-order valence-electron chi connectivity index (χ3n) is 5.58. The molecule has 0 aliphatic heterocycles. The van der Waals surface area contributed by atoms with Crippen LogP contribution in [0.15, 0.2) is 114 Å². The molecule has 3 N–H and O–H groups in total. The summed E-state index contributed by atoms with van der Waals surface area (Å²) in [5, 5.41) is 10.8. The number of hydrogen-bond acceptors (Lipinski definition) is 9. The largest absolute Gasteiger partial charge is 0.490 e. The van der Waals surface area contributed by atoms with Crippen LogP contribution < -0.4 is 25.5 Å². The minimum Gasteiger partial charge on any atom is -0.490 e. The van der Waals surface area contributed by atoms with Gasteiger partial charge in [-0.25, -0.2) is 5.43 Å². The highest BCUT2D eigenvalue weighted by molar-refractivity contribution is 5.81. The van der Waals surface area contributed by atoms with Crippen LogP contribution >= 0.6 is 0 Å². The standard InChI is InChI=1S/C31H29N7O2/c1-2-39-28-20-24(18-19-27(28)40-22-23-12-6-3-7-13-23)21-32-38-31-36-29(33-25-14-8-4-9-15-25)35-30(37-31)34-26-16-10-5-11-17-26/h3-21H,2,22H2,1H3,(H3,33,34,35,36,37,38)/b32-21-. The van der Waals surface area contributed by atoms with E-state index in [0.717, 1.165) is 22.5 Å². The van der Waals surface area contributed by atoms with Gasteiger partial charge in [0.25, 0.3) is 0 Å². The summed E-state index contributed by atoms with van der Waals surface area (Å²) < 4.78 is 11.8. The van der Waals surface area contributed by atoms with Crippen LogP contribution in [-0.4, -0.2) is 27.8 Å². The Morgan fingerprint density at radius 2 is 1.23 bits per heavy atom. The molecule has 0 aliphatic carbocycles. The molecule has 0 unspecified atom stereocenters. The molecular formula is C31H29N7O2. The number of benzene rings is 4. The summed E-state index contributed by atoms with van der Waals surface area (Å²) in [6, 6.07) is 35.0. The van der Waals surface area contributed by atoms with Gasteiger partial charge in [0.2, 0.25) is 17.8 Å². The Morgan fingerprint density at radius 3 is 1.82 bits per heavy atom. The molecule has 200 valence electrons. The van der Waals surface area contributed by atoms with Crippen LogP contribution in [0, 0.1) is 0 Å². The van der Waals surface area contributed by atoms with E-state index < -0.39 is 0 Å². The van der Waals surface area contributed by atoms with E-state index in [1.165, 1.54) is 0 Å². The fraction of sp³-hybridized carbons (Fsp3) is 0.0968. The number of nitrogens with zero attached hydrogens (tertiary/aromatic N) is 4. The normalized spacial score (nSPS) is 10.7. The summed E-state index contributed by atoms with van der Waals surface area (Å²) in [4.78, 5) is 13.5. The Morgan fingerprint density at radius 1 is 0.650 bits per heavy atom. The van der Waals surface area contributed by atoms with E-state index in [9.17, 15) is 0 Å². The van der Waals surface area contributed by atoms with Crippen LogP contribution in [-0.2, 0) is 6.61 Å². The molecule has 0 saturated carbocycles. The number of aromatic nitrogens is 3. The number of hydrazone groups is 1. The molecule has 0 radical (unpaired) electrons. The molecule has 9 nitrogen and oxygen atoms in total. The maximum absolute atomic E-state index is 6.00. The average Bonchev–Trinajstić information content (AvgIpc) is 2.98. The molecule has 4 aromatic carbocycles. The molecule has 0 atom stereocenters. The Balaban J connectivity index is 1.31. The molecule has 0 bridgehead atoms. The van der Waals surface area contributed by atoms with Crippen molar-refractivity contribution in [3.05, 3.63) is 120 Å². The molecule has 40 heavy (non-hydrogen) atoms. The maximum Gasteiger partial charge on any atom is 0.250 e. The molecule has 0 fully saturated rings. The minimum atomic E-state index is 0.274. The van der Waals surface area contributed by atoms with Gasteiger partial charge in [-0.05, 0) is 60.5 Å². The van der Waals surface area contributed by atoms with Crippen molar-refractivity contribution in [3.63, 3.8) is 0 Å². The summed E-state index contributed by atoms with van der Waals surface area (Å²) >= 11 is 0. The van der Waals surface area contributed by atoms with Crippen LogP contribution in [0.4, 0.5) is 29.2 Å². The van der Waals surface area contributed by atoms with Gasteiger partial charge in [0.1, 0.15) is 6.61 Å². The first-order valence-corrected chi connectivity index (χ1v) is 12.9. The third kappa shape index (κ3) is 7.55. The van der Waals surface area contributed by atoms with Crippen molar-refractivity contribution in [2.24, 2.45) is 5.10 Å². The second-order valence-corrected chi connectivity index (χ2v) is 8.57. The molecule has 0 saturated heterocycles. The number of anilines is 5. The molecule has 5 aromatic rings. The zero-order chi connectivity index (χ0) is 27.4. The quantitative estimate of drug-likeness (QED) is 0.119. The van der Waals surface area contributed by atoms with E-state index in [0.29, 0.717) is 36.6 Å². The van der Waals surface area contributed by atoms with Crippen molar-refractivity contribution in [1.29, 1.82) is 0 Å². The zero-order valence-electron chi connectivity index (χ0n) is 22.0. The molecule has 5 rings (SSSR count). The van der Waals surface area contributed by atoms with Crippen LogP contribution in [0.3, 0.4) is 0 Å². The summed E-state index contributed by atoms with van der Waals surface area (Å²) in [7, 11) is 0. The van der Waals surface area contributed by atoms with Gasteiger partial charge in [0.05, 0.1) is 12.8 Å². The number of nitrogens with one attached hydrogen (secondary N) is 3. The molecule has 0 spiro atoms. The first kappa shape index (κ1) is 26.2. The average molecular weight is 532 g/mol. The maximum atomic E-state index is 6.00. The van der Waals surface area contributed by atoms with Gasteiger partial charge in [0.15, 0.2) is 11.5 Å². The topological polar surface area (TPSA) is 106 Å². The van der Waals surface area contributed by atoms with E-state index in [2.05, 4.69) is 36.1 Å². The van der Waals surface area contributed by atoms with E-state index in [1.54, 1.807) is 6.21 Å². The highest BCUT2D eigenvalue weighted by Gasteiger charge is 2.09. The van der Waals surface area contributed by atoms with Gasteiger partial charge in [0, 0.05) is 11.4 Å². The van der Waals surface area contributed by atoms with Crippen LogP contribution in [0.25, 0.3) is 0 Å². The van der Waals surface area contributed by atoms with E-state index >= 15 is 0 Å². The lowest BCUT2D eigenvalue weighted by atomic mass is 10.2. The number of hydrogen-bond donors (Lipinski definition) is 3. The highest BCUT2D eigenvalue weighted by Crippen LogP contribution is 2.29. The monoisotopic (exact) mass is 531 g/mol. The summed E-state index contributed by atoms with van der Waals surface area (Å²) in [5.41, 5.74) is 6.52. The second-order valence-electron chi connectivity index (χ2n) is 8.57. The molecule has 1 aromatic heterocycles. The SMILES string of the molecule is CCOc1cc(/C=N\Nc2nc(Nc3ccccc3)nc(Nc3ccccc3)n2)ccc1OCc1ccccc1. The predicted molar refractivity (Wildman–Crippen MR) is 159 cm³/mol. The third-order valence-corrected chi connectivity index (χ3v) is 5.58. The van der Waals surface area contributed by atoms with Crippen molar-refractivity contribution in [1.82, 2.24) is 15.0 Å². The first-order chi connectivity index (χ1) is 19.7. The van der Waals surface area contributed by atoms with Gasteiger partial charge in [-0.2, -0.15) is 20.1 Å². The van der Waals surface area contributed by atoms with Crippen molar-refractivity contribution >= 4 is 35.4 Å². The van der Waals surface area contributed by atoms with Crippen molar-refractivity contribution < 1.29 is 9.47 Å². The predicted octanol–water partition coefficient (Wildman–Crippen LogP) is 6.78. The summed E-state index contributed by atoms with van der Waals surface area (Å²) in [6.45, 7) is 2.90. The lowest BCUT2D eigenvalue weighted by molar-refractivity contribution is 0.269. The van der Waals surface area contributed by atoms with Crippen molar-refractivity contribution in [3.8, 4) is 11.5 Å². The van der Waals surface area contributed by atoms with Gasteiger partial charge in [-0.15, -0.1) is 0 Å². The molecule has 0 amide bonds. The smallest absolute Gasteiger partial charge is 0.250 e. The van der Waals surface area contributed by atoms with Gasteiger partial charge in [-0.1, -0.05) is 66.7 Å². The van der Waals surface area contributed by atoms with Gasteiger partial charge < -0.3 is 20.1 Å². The summed E-state index contributed by atoms with van der Waals surface area (Å²) in [6.07, 6.45) is 1.67. The van der Waals surface area contributed by atoms with Crippen LogP contribution in [0.1, 0.15) is 18.1 Å². The van der Waals surface area contributed by atoms with Gasteiger partial charge >= 0.3 is 0 Å². The van der Waals surface area contributed by atoms with Crippen LogP contribution in [0.2, 0.25) is 0 Å². The zero-order valence-corrected chi connectivity index (χ0v) is 22.0. The first-order valence-electron chi connectivity index (χ1n) is 12.9. The van der Waals surface area contributed by atoms with E-state index in [-0.39, 0.29) is 5.95 Å². The molecule has 0 aliphatic rings. The Hall–Kier alpha value is -5.44. The van der Waals surface area contributed by atoms with E-state index in [4.69, 9.17) is 9.47 Å². The molecule has 9 heteroatoms. The molecule has 1 heterocycles. The lowest BCUT2D eigenvalue weighted by Crippen LogP contribution is -2.07. The van der Waals surface area contributed by atoms with Gasteiger partial charge in [-0.3, -0.25) is 0 Å². The lowest BCUT2D eigenvalue weighted by Gasteiger charge is -2.12. The number of ether oxygens (including phenoxy) is 2. The number of rotatable bonds is 12. The van der Waals surface area contributed by atoms with Crippen molar-refractivity contribution in [2.75, 3.05) is 22.7 Å². The number of para-hydroxylation sites is 2. The Bertz CT molecular complexity index is 1470. The highest BCUT2D eigenvalue weighted by atomic mass is 16.5. The van der Waals surface area contributed by atoms with Crippen LogP contribution in [0.5, 0.6) is 11.5 Å².